The van der Waals surface area contributed by atoms with Gasteiger partial charge in [0, 0.05) is 125 Å². The summed E-state index contributed by atoms with van der Waals surface area (Å²) in [5.41, 5.74) is 0. The first-order valence-corrected chi connectivity index (χ1v) is 53.9. The number of unbranched alkanes of at least 4 members (excludes halogenated alkanes) is 15. The molecule has 0 aromatic rings. The zero-order valence-corrected chi connectivity index (χ0v) is 83.7. The van der Waals surface area contributed by atoms with E-state index in [1.165, 1.54) is 132 Å². The Bertz CT molecular complexity index is 2820. The van der Waals surface area contributed by atoms with Gasteiger partial charge in [-0.15, -0.1) is 0 Å². The van der Waals surface area contributed by atoms with Gasteiger partial charge in [0.25, 0.3) is 0 Å². The summed E-state index contributed by atoms with van der Waals surface area (Å²) in [5.74, 6) is 0.0448. The maximum atomic E-state index is 13.1. The highest BCUT2D eigenvalue weighted by Crippen LogP contribution is 2.20. The van der Waals surface area contributed by atoms with Gasteiger partial charge in [-0.2, -0.15) is 70.6 Å². The number of nitrogens with zero attached hydrogens (tertiary/aromatic N) is 5. The highest BCUT2D eigenvalue weighted by atomic mass is 32.2. The maximum absolute atomic E-state index is 13.1. The number of hydrogen-bond donors (Lipinski definition) is 0. The summed E-state index contributed by atoms with van der Waals surface area (Å²) in [6, 6.07) is 0. The average Bonchev–Trinajstić information content (AvgIpc) is 0.921. The molecule has 35 heteroatoms. The molecular weight excluding hydrogens is 1740 g/mol. The second-order valence-corrected chi connectivity index (χ2v) is 39.1. The Morgan fingerprint density at radius 2 is 0.476 bits per heavy atom. The van der Waals surface area contributed by atoms with E-state index < -0.39 is 59.6 Å². The Balaban J connectivity index is 2.74. The molecule has 0 radical (unpaired) electrons. The third kappa shape index (κ3) is 70.3. The van der Waals surface area contributed by atoms with Crippen molar-refractivity contribution in [2.24, 2.45) is 35.5 Å². The summed E-state index contributed by atoms with van der Waals surface area (Å²) in [6.07, 6.45) is 24.6. The van der Waals surface area contributed by atoms with Crippen LogP contribution in [0.5, 0.6) is 0 Å². The highest BCUT2D eigenvalue weighted by Gasteiger charge is 2.25. The smallest absolute Gasteiger partial charge is 0.309 e. The normalized spacial score (nSPS) is 13.9. The first-order chi connectivity index (χ1) is 60.8. The molecular formula is C91H163N5O24S6. The van der Waals surface area contributed by atoms with Gasteiger partial charge in [-0.05, 0) is 69.3 Å². The largest absolute Gasteiger partial charge is 0.462 e. The van der Waals surface area contributed by atoms with E-state index in [1.807, 2.05) is 41.7 Å². The molecule has 1 fully saturated rings. The third-order valence-electron chi connectivity index (χ3n) is 20.6. The zero-order valence-electron chi connectivity index (χ0n) is 78.8. The Labute approximate surface area is 781 Å². The van der Waals surface area contributed by atoms with E-state index in [2.05, 4.69) is 37.6 Å². The molecule has 0 aliphatic carbocycles. The number of piperazine rings is 1. The Morgan fingerprint density at radius 3 is 0.722 bits per heavy atom. The molecule has 0 aromatic heterocycles. The Kier molecular flexibility index (Phi) is 78.2. The van der Waals surface area contributed by atoms with Crippen LogP contribution in [0.4, 0.5) is 0 Å². The fraction of sp³-hybridized carbons (Fsp3) is 0.868. The number of carbonyl (C=O) groups excluding carboxylic acids is 12. The summed E-state index contributed by atoms with van der Waals surface area (Å²) >= 11 is 9.75. The number of ether oxygens (including phenoxy) is 12. The predicted octanol–water partition coefficient (Wildman–Crippen LogP) is 13.3. The van der Waals surface area contributed by atoms with Crippen molar-refractivity contribution in [1.82, 2.24) is 24.5 Å². The van der Waals surface area contributed by atoms with Crippen LogP contribution in [0, 0.1) is 35.5 Å². The van der Waals surface area contributed by atoms with E-state index in [-0.39, 0.29) is 192 Å². The summed E-state index contributed by atoms with van der Waals surface area (Å²) in [7, 11) is 2.10. The molecule has 1 heterocycles. The van der Waals surface area contributed by atoms with Gasteiger partial charge in [0.15, 0.2) is 0 Å². The van der Waals surface area contributed by atoms with Crippen LogP contribution in [-0.2, 0) is 114 Å². The quantitative estimate of drug-likeness (QED) is 0.0310. The highest BCUT2D eigenvalue weighted by molar-refractivity contribution is 8.00. The standard InChI is InChI=1S/C91H163N5O24S6/c1-12-15-18-21-24-27-63-122-69-75(5)87(104)116-58-54-112-83(100)34-42-95(41-33-82(99)111-51-57-115-86(103)74(4)68-121-11)49-66-125-72-78(8)90(107)119-61-52-109-80(97)31-39-93(37-30-38-94-47-45-92(10)46-48-94)40-32-81(98)110-53-62-120-91(108)79(9)73-126-67-50-96(43-35-84(101)113-55-59-117-88(105)76(6)70-123-64-28-25-22-19-16-13-2)44-36-85(102)114-56-60-118-89(106)77(7)71-124-65-29-26-23-20-17-14-3/h74-79H,12-73H2,1-11H3. The maximum Gasteiger partial charge on any atom is 0.309 e. The lowest BCUT2D eigenvalue weighted by atomic mass is 10.1. The van der Waals surface area contributed by atoms with Gasteiger partial charge in [-0.3, -0.25) is 57.5 Å². The van der Waals surface area contributed by atoms with Crippen LogP contribution in [0.15, 0.2) is 0 Å². The first kappa shape index (κ1) is 120. The molecule has 0 aromatic carbocycles. The molecule has 1 aliphatic heterocycles. The number of rotatable bonds is 85. The molecule has 732 valence electrons. The average molecular weight is 1900 g/mol. The topological polar surface area (TPSA) is 332 Å². The number of likely N-dealkylation sites (N-methyl/N-ethyl adjacent to an activating group) is 1. The van der Waals surface area contributed by atoms with E-state index >= 15 is 0 Å². The molecule has 0 saturated carbocycles. The Morgan fingerprint density at radius 1 is 0.262 bits per heavy atom. The minimum Gasteiger partial charge on any atom is -0.462 e. The molecule has 0 amide bonds. The minimum absolute atomic E-state index is 0.00593. The SMILES string of the molecule is CCCCCCCCSCC(C)C(=O)OCCOC(=O)CCN(CCSCC(C)C(=O)OCCOC(=O)CCN(CCCN1CCN(C)CC1)CCC(=O)OCCOC(=O)C(C)CSCCN(CCC(=O)OCCOC(=O)C(C)CSCCCCCCCC)CCC(=O)OCCOC(=O)C(C)CSCCCCCCCC)CCC(=O)OCCOC(=O)C(C)CSC. The van der Waals surface area contributed by atoms with E-state index in [1.54, 1.807) is 56.1 Å². The molecule has 0 N–H and O–H groups in total. The lowest BCUT2D eigenvalue weighted by Crippen LogP contribution is -2.45. The van der Waals surface area contributed by atoms with E-state index in [4.69, 9.17) is 56.8 Å². The predicted molar refractivity (Wildman–Crippen MR) is 507 cm³/mol. The fourth-order valence-electron chi connectivity index (χ4n) is 12.5. The molecule has 0 bridgehead atoms. The van der Waals surface area contributed by atoms with E-state index in [9.17, 15) is 57.5 Å². The number of carbonyl (C=O) groups is 12. The van der Waals surface area contributed by atoms with Gasteiger partial charge < -0.3 is 81.3 Å². The van der Waals surface area contributed by atoms with Crippen molar-refractivity contribution in [3.05, 3.63) is 0 Å². The second-order valence-electron chi connectivity index (χ2n) is 32.4. The van der Waals surface area contributed by atoms with Gasteiger partial charge >= 0.3 is 71.6 Å². The van der Waals surface area contributed by atoms with E-state index in [0.29, 0.717) is 78.7 Å². The summed E-state index contributed by atoms with van der Waals surface area (Å²) < 4.78 is 65.0. The van der Waals surface area contributed by atoms with Crippen molar-refractivity contribution < 1.29 is 114 Å². The lowest BCUT2D eigenvalue weighted by Gasteiger charge is -2.33. The number of hydrogen-bond acceptors (Lipinski definition) is 35. The first-order valence-electron chi connectivity index (χ1n) is 46.7. The molecule has 29 nitrogen and oxygen atoms in total. The summed E-state index contributed by atoms with van der Waals surface area (Å²) in [5, 5.41) is 0. The van der Waals surface area contributed by atoms with Crippen molar-refractivity contribution in [3.8, 4) is 0 Å². The van der Waals surface area contributed by atoms with Crippen LogP contribution in [0.2, 0.25) is 0 Å². The van der Waals surface area contributed by atoms with Crippen molar-refractivity contribution in [2.45, 2.75) is 223 Å². The third-order valence-corrected chi connectivity index (χ3v) is 27.8. The van der Waals surface area contributed by atoms with Gasteiger partial charge in [0.05, 0.1) is 74.0 Å². The van der Waals surface area contributed by atoms with Crippen LogP contribution in [0.3, 0.4) is 0 Å². The monoisotopic (exact) mass is 1900 g/mol. The second kappa shape index (κ2) is 82.4. The van der Waals surface area contributed by atoms with Gasteiger partial charge in [0.1, 0.15) is 79.3 Å². The van der Waals surface area contributed by atoms with Crippen LogP contribution in [0.25, 0.3) is 0 Å². The van der Waals surface area contributed by atoms with Crippen molar-refractivity contribution in [1.29, 1.82) is 0 Å². The van der Waals surface area contributed by atoms with Crippen molar-refractivity contribution in [2.75, 3.05) is 247 Å². The fourth-order valence-corrected chi connectivity index (χ4v) is 18.4. The summed E-state index contributed by atoms with van der Waals surface area (Å²) in [6.45, 7) is 24.0. The molecule has 126 heavy (non-hydrogen) atoms. The zero-order chi connectivity index (χ0) is 92.8. The van der Waals surface area contributed by atoms with Crippen molar-refractivity contribution in [3.63, 3.8) is 0 Å². The van der Waals surface area contributed by atoms with Crippen LogP contribution in [-0.4, -0.2) is 344 Å². The van der Waals surface area contributed by atoms with Crippen LogP contribution in [0.1, 0.15) is 223 Å². The number of thioether (sulfide) groups is 6. The van der Waals surface area contributed by atoms with Gasteiger partial charge in [-0.1, -0.05) is 159 Å². The minimum atomic E-state index is -0.514. The van der Waals surface area contributed by atoms with Crippen LogP contribution < -0.4 is 0 Å². The molecule has 1 rings (SSSR count). The van der Waals surface area contributed by atoms with Crippen molar-refractivity contribution >= 4 is 142 Å². The number of esters is 12. The van der Waals surface area contributed by atoms with Gasteiger partial charge in [0.2, 0.25) is 0 Å². The van der Waals surface area contributed by atoms with E-state index in [0.717, 1.165) is 75.7 Å². The Hall–Kier alpha value is -4.46. The van der Waals surface area contributed by atoms with Crippen LogP contribution >= 0.6 is 70.6 Å². The molecule has 1 aliphatic rings. The lowest BCUT2D eigenvalue weighted by molar-refractivity contribution is -0.154. The molecule has 6 unspecified atom stereocenters. The molecule has 1 saturated heterocycles. The summed E-state index contributed by atoms with van der Waals surface area (Å²) in [4.78, 5) is 165. The molecule has 6 atom stereocenters. The molecule has 0 spiro atoms. The van der Waals surface area contributed by atoms with Gasteiger partial charge in [-0.25, -0.2) is 0 Å².